The summed E-state index contributed by atoms with van der Waals surface area (Å²) in [5.74, 6) is 1.33. The molecule has 2 atom stereocenters. The summed E-state index contributed by atoms with van der Waals surface area (Å²) in [7, 11) is 0. The Labute approximate surface area is 150 Å². The summed E-state index contributed by atoms with van der Waals surface area (Å²) >= 11 is 7.61. The van der Waals surface area contributed by atoms with Crippen molar-refractivity contribution in [2.45, 2.75) is 44.7 Å². The van der Waals surface area contributed by atoms with Gasteiger partial charge in [0, 0.05) is 17.0 Å². The summed E-state index contributed by atoms with van der Waals surface area (Å²) in [5.41, 5.74) is 7.21. The van der Waals surface area contributed by atoms with Crippen LogP contribution >= 0.6 is 22.9 Å². The Morgan fingerprint density at radius 3 is 2.83 bits per heavy atom. The molecular formula is C18H22ClN3OS. The number of nitrogens with one attached hydrogen (secondary N) is 1. The van der Waals surface area contributed by atoms with Gasteiger partial charge in [-0.15, -0.1) is 11.3 Å². The van der Waals surface area contributed by atoms with E-state index in [4.69, 9.17) is 17.3 Å². The Morgan fingerprint density at radius 2 is 2.08 bits per heavy atom. The monoisotopic (exact) mass is 363 g/mol. The average molecular weight is 364 g/mol. The number of fused-ring (bicyclic) bond motifs is 3. The molecule has 0 aliphatic heterocycles. The van der Waals surface area contributed by atoms with Crippen molar-refractivity contribution in [1.82, 2.24) is 10.3 Å². The lowest BCUT2D eigenvalue weighted by atomic mass is 9.65. The fourth-order valence-corrected chi connectivity index (χ4v) is 5.39. The normalized spacial score (nSPS) is 29.6. The lowest BCUT2D eigenvalue weighted by Crippen LogP contribution is -2.49. The molecule has 4 nitrogen and oxygen atoms in total. The van der Waals surface area contributed by atoms with E-state index in [0.29, 0.717) is 29.4 Å². The van der Waals surface area contributed by atoms with Crippen LogP contribution in [0.2, 0.25) is 5.02 Å². The van der Waals surface area contributed by atoms with Gasteiger partial charge in [0.25, 0.3) is 0 Å². The van der Waals surface area contributed by atoms with Crippen LogP contribution in [-0.4, -0.2) is 16.9 Å². The average Bonchev–Trinajstić information content (AvgIpc) is 2.94. The second-order valence-electron chi connectivity index (χ2n) is 7.13. The molecule has 2 aliphatic rings. The number of thiazole rings is 1. The van der Waals surface area contributed by atoms with Crippen molar-refractivity contribution in [1.29, 1.82) is 0 Å². The summed E-state index contributed by atoms with van der Waals surface area (Å²) in [5, 5.41) is 4.70. The van der Waals surface area contributed by atoms with Crippen molar-refractivity contribution in [2.24, 2.45) is 23.5 Å². The number of amides is 1. The number of hydrogen-bond acceptors (Lipinski definition) is 4. The largest absolute Gasteiger partial charge is 0.349 e. The van der Waals surface area contributed by atoms with Gasteiger partial charge in [-0.3, -0.25) is 4.79 Å². The SMILES string of the molecule is NC1C2CCCC1CC(C(=O)NCc1nc3cc(Cl)ccc3s1)C2. The first-order valence-corrected chi connectivity index (χ1v) is 9.88. The highest BCUT2D eigenvalue weighted by Gasteiger charge is 2.40. The summed E-state index contributed by atoms with van der Waals surface area (Å²) in [6.45, 7) is 0.494. The summed E-state index contributed by atoms with van der Waals surface area (Å²) in [4.78, 5) is 17.1. The molecule has 2 saturated carbocycles. The van der Waals surface area contributed by atoms with Gasteiger partial charge in [0.05, 0.1) is 16.8 Å². The van der Waals surface area contributed by atoms with E-state index >= 15 is 0 Å². The van der Waals surface area contributed by atoms with Crippen LogP contribution in [0.3, 0.4) is 0 Å². The molecule has 1 aromatic heterocycles. The second-order valence-corrected chi connectivity index (χ2v) is 8.69. The van der Waals surface area contributed by atoms with E-state index in [1.165, 1.54) is 19.3 Å². The molecule has 0 radical (unpaired) electrons. The third-order valence-corrected chi connectivity index (χ3v) is 6.86. The highest BCUT2D eigenvalue weighted by Crippen LogP contribution is 2.41. The van der Waals surface area contributed by atoms with E-state index < -0.39 is 0 Å². The fourth-order valence-electron chi connectivity index (χ4n) is 4.33. The van der Waals surface area contributed by atoms with Crippen molar-refractivity contribution >= 4 is 39.1 Å². The molecule has 2 fully saturated rings. The van der Waals surface area contributed by atoms with Crippen LogP contribution in [-0.2, 0) is 11.3 Å². The van der Waals surface area contributed by atoms with Gasteiger partial charge in [0.2, 0.25) is 5.91 Å². The van der Waals surface area contributed by atoms with Crippen molar-refractivity contribution in [3.63, 3.8) is 0 Å². The molecule has 4 rings (SSSR count). The van der Waals surface area contributed by atoms with E-state index in [1.54, 1.807) is 11.3 Å². The minimum absolute atomic E-state index is 0.115. The van der Waals surface area contributed by atoms with Crippen LogP contribution in [0, 0.1) is 17.8 Å². The van der Waals surface area contributed by atoms with Gasteiger partial charge >= 0.3 is 0 Å². The maximum atomic E-state index is 12.6. The third-order valence-electron chi connectivity index (χ3n) is 5.59. The van der Waals surface area contributed by atoms with Gasteiger partial charge in [-0.25, -0.2) is 4.98 Å². The standard InChI is InChI=1S/C18H22ClN3OS/c19-13-4-5-15-14(8-13)22-16(24-15)9-21-18(23)12-6-10-2-1-3-11(7-12)17(10)20/h4-5,8,10-12,17H,1-3,6-7,9,20H2,(H,21,23). The molecule has 3 N–H and O–H groups in total. The number of rotatable bonds is 3. The maximum Gasteiger partial charge on any atom is 0.223 e. The van der Waals surface area contributed by atoms with Crippen LogP contribution < -0.4 is 11.1 Å². The van der Waals surface area contributed by atoms with Gasteiger partial charge < -0.3 is 11.1 Å². The third kappa shape index (κ3) is 3.17. The van der Waals surface area contributed by atoms with Gasteiger partial charge in [-0.2, -0.15) is 0 Å². The smallest absolute Gasteiger partial charge is 0.223 e. The molecule has 0 saturated heterocycles. The molecule has 2 aliphatic carbocycles. The van der Waals surface area contributed by atoms with E-state index in [-0.39, 0.29) is 11.8 Å². The summed E-state index contributed by atoms with van der Waals surface area (Å²) in [6, 6.07) is 6.01. The van der Waals surface area contributed by atoms with Gasteiger partial charge in [0.1, 0.15) is 5.01 Å². The summed E-state index contributed by atoms with van der Waals surface area (Å²) < 4.78 is 1.10. The lowest BCUT2D eigenvalue weighted by molar-refractivity contribution is -0.128. The number of halogens is 1. The lowest BCUT2D eigenvalue weighted by Gasteiger charge is -2.43. The van der Waals surface area contributed by atoms with E-state index in [0.717, 1.165) is 28.1 Å². The predicted octanol–water partition coefficient (Wildman–Crippen LogP) is 3.72. The Morgan fingerprint density at radius 1 is 1.33 bits per heavy atom. The first-order chi connectivity index (χ1) is 11.6. The fraction of sp³-hybridized carbons (Fsp3) is 0.556. The number of hydrogen-bond donors (Lipinski definition) is 2. The zero-order valence-corrected chi connectivity index (χ0v) is 15.1. The van der Waals surface area contributed by atoms with E-state index in [2.05, 4.69) is 10.3 Å². The highest BCUT2D eigenvalue weighted by molar-refractivity contribution is 7.18. The van der Waals surface area contributed by atoms with Gasteiger partial charge in [-0.05, 0) is 55.7 Å². The van der Waals surface area contributed by atoms with E-state index in [1.807, 2.05) is 18.2 Å². The molecule has 128 valence electrons. The van der Waals surface area contributed by atoms with Crippen molar-refractivity contribution < 1.29 is 4.79 Å². The van der Waals surface area contributed by atoms with Crippen molar-refractivity contribution in [3.05, 3.63) is 28.2 Å². The molecule has 6 heteroatoms. The van der Waals surface area contributed by atoms with Crippen LogP contribution in [0.15, 0.2) is 18.2 Å². The first-order valence-electron chi connectivity index (χ1n) is 8.68. The number of nitrogens with two attached hydrogens (primary N) is 1. The molecule has 24 heavy (non-hydrogen) atoms. The minimum Gasteiger partial charge on any atom is -0.349 e. The summed E-state index contributed by atoms with van der Waals surface area (Å²) in [6.07, 6.45) is 5.52. The van der Waals surface area contributed by atoms with E-state index in [9.17, 15) is 4.79 Å². The number of carbonyl (C=O) groups excluding carboxylic acids is 1. The molecule has 1 amide bonds. The quantitative estimate of drug-likeness (QED) is 0.873. The highest BCUT2D eigenvalue weighted by atomic mass is 35.5. The van der Waals surface area contributed by atoms with Gasteiger partial charge in [-0.1, -0.05) is 18.0 Å². The predicted molar refractivity (Wildman–Crippen MR) is 98.0 cm³/mol. The molecule has 1 heterocycles. The molecular weight excluding hydrogens is 342 g/mol. The van der Waals surface area contributed by atoms with Crippen LogP contribution in [0.5, 0.6) is 0 Å². The Bertz CT molecular complexity index is 748. The molecule has 2 aromatic rings. The molecule has 2 bridgehead atoms. The number of nitrogens with zero attached hydrogens (tertiary/aromatic N) is 1. The Kier molecular flexibility index (Phi) is 4.50. The second kappa shape index (κ2) is 6.62. The maximum absolute atomic E-state index is 12.6. The first kappa shape index (κ1) is 16.3. The number of aromatic nitrogens is 1. The minimum atomic E-state index is 0.115. The van der Waals surface area contributed by atoms with Crippen LogP contribution in [0.4, 0.5) is 0 Å². The number of benzene rings is 1. The molecule has 0 spiro atoms. The topological polar surface area (TPSA) is 68.0 Å². The van der Waals surface area contributed by atoms with Crippen molar-refractivity contribution in [2.75, 3.05) is 0 Å². The molecule has 1 aromatic carbocycles. The van der Waals surface area contributed by atoms with Crippen LogP contribution in [0.1, 0.15) is 37.1 Å². The number of carbonyl (C=O) groups is 1. The van der Waals surface area contributed by atoms with Gasteiger partial charge in [0.15, 0.2) is 0 Å². The Balaban J connectivity index is 1.39. The molecule has 2 unspecified atom stereocenters. The van der Waals surface area contributed by atoms with Crippen molar-refractivity contribution in [3.8, 4) is 0 Å². The Hall–Kier alpha value is -1.17. The van der Waals surface area contributed by atoms with Crippen LogP contribution in [0.25, 0.3) is 10.2 Å². The zero-order chi connectivity index (χ0) is 16.7. The zero-order valence-electron chi connectivity index (χ0n) is 13.5.